The first-order chi connectivity index (χ1) is 10.2. The van der Waals surface area contributed by atoms with Gasteiger partial charge in [0.05, 0.1) is 6.10 Å². The van der Waals surface area contributed by atoms with Gasteiger partial charge in [-0.05, 0) is 43.4 Å². The summed E-state index contributed by atoms with van der Waals surface area (Å²) in [5, 5.41) is 10.5. The van der Waals surface area contributed by atoms with E-state index in [1.807, 2.05) is 43.3 Å². The number of nitrogens with zero attached hydrogens (tertiary/aromatic N) is 2. The Bertz CT molecular complexity index is 577. The second-order valence-electron chi connectivity index (χ2n) is 5.82. The third-order valence-corrected chi connectivity index (χ3v) is 4.32. The largest absolute Gasteiger partial charge is 0.388 e. The first-order valence-electron chi connectivity index (χ1n) is 7.65. The number of pyridine rings is 1. The van der Waals surface area contributed by atoms with Crippen LogP contribution in [0, 0.1) is 12.8 Å². The van der Waals surface area contributed by atoms with Crippen molar-refractivity contribution in [1.29, 1.82) is 0 Å². The topological polar surface area (TPSA) is 36.4 Å². The second-order valence-corrected chi connectivity index (χ2v) is 5.82. The molecular formula is C18H22N2O. The summed E-state index contributed by atoms with van der Waals surface area (Å²) in [7, 11) is 0. The summed E-state index contributed by atoms with van der Waals surface area (Å²) in [6, 6.07) is 16.1. The van der Waals surface area contributed by atoms with Gasteiger partial charge in [0.25, 0.3) is 0 Å². The van der Waals surface area contributed by atoms with Crippen LogP contribution < -0.4 is 4.90 Å². The van der Waals surface area contributed by atoms with Crippen LogP contribution in [0.1, 0.15) is 30.2 Å². The van der Waals surface area contributed by atoms with E-state index in [0.717, 1.165) is 43.0 Å². The molecule has 1 fully saturated rings. The lowest BCUT2D eigenvalue weighted by molar-refractivity contribution is 0.0929. The monoisotopic (exact) mass is 282 g/mol. The van der Waals surface area contributed by atoms with Gasteiger partial charge in [-0.3, -0.25) is 0 Å². The zero-order valence-electron chi connectivity index (χ0n) is 12.4. The SMILES string of the molecule is Cc1cccc(N2CCC(C(O)c3ccccc3)CC2)n1. The summed E-state index contributed by atoms with van der Waals surface area (Å²) < 4.78 is 0. The average Bonchev–Trinajstić information content (AvgIpc) is 2.55. The number of anilines is 1. The Morgan fingerprint density at radius 1 is 1.05 bits per heavy atom. The van der Waals surface area contributed by atoms with Gasteiger partial charge in [0, 0.05) is 18.8 Å². The van der Waals surface area contributed by atoms with Gasteiger partial charge in [-0.15, -0.1) is 0 Å². The Labute approximate surface area is 126 Å². The van der Waals surface area contributed by atoms with Crippen molar-refractivity contribution in [3.05, 3.63) is 59.8 Å². The fourth-order valence-corrected chi connectivity index (χ4v) is 3.07. The van der Waals surface area contributed by atoms with Gasteiger partial charge in [0.15, 0.2) is 0 Å². The summed E-state index contributed by atoms with van der Waals surface area (Å²) in [4.78, 5) is 6.91. The quantitative estimate of drug-likeness (QED) is 0.938. The molecule has 0 bridgehead atoms. The Hall–Kier alpha value is -1.87. The van der Waals surface area contributed by atoms with E-state index >= 15 is 0 Å². The lowest BCUT2D eigenvalue weighted by Gasteiger charge is -2.35. The van der Waals surface area contributed by atoms with Crippen molar-refractivity contribution in [2.75, 3.05) is 18.0 Å². The van der Waals surface area contributed by atoms with E-state index < -0.39 is 0 Å². The molecule has 0 aliphatic carbocycles. The molecule has 110 valence electrons. The maximum atomic E-state index is 10.5. The Morgan fingerprint density at radius 2 is 1.76 bits per heavy atom. The number of benzene rings is 1. The predicted octanol–water partition coefficient (Wildman–Crippen LogP) is 3.34. The van der Waals surface area contributed by atoms with E-state index in [9.17, 15) is 5.11 Å². The van der Waals surface area contributed by atoms with E-state index in [-0.39, 0.29) is 6.10 Å². The summed E-state index contributed by atoms with van der Waals surface area (Å²) in [6.45, 7) is 3.95. The summed E-state index contributed by atoms with van der Waals surface area (Å²) in [6.07, 6.45) is 1.66. The number of hydrogen-bond acceptors (Lipinski definition) is 3. The molecule has 1 aliphatic heterocycles. The molecular weight excluding hydrogens is 260 g/mol. The Balaban J connectivity index is 1.63. The van der Waals surface area contributed by atoms with Crippen molar-refractivity contribution in [3.63, 3.8) is 0 Å². The minimum atomic E-state index is -0.348. The van der Waals surface area contributed by atoms with Crippen LogP contribution in [-0.2, 0) is 0 Å². The van der Waals surface area contributed by atoms with Crippen LogP contribution in [0.15, 0.2) is 48.5 Å². The van der Waals surface area contributed by atoms with E-state index in [1.54, 1.807) is 0 Å². The van der Waals surface area contributed by atoms with E-state index in [0.29, 0.717) is 5.92 Å². The molecule has 0 saturated carbocycles. The number of aliphatic hydroxyl groups excluding tert-OH is 1. The van der Waals surface area contributed by atoms with Crippen molar-refractivity contribution < 1.29 is 5.11 Å². The molecule has 2 heterocycles. The van der Waals surface area contributed by atoms with E-state index in [1.165, 1.54) is 0 Å². The Morgan fingerprint density at radius 3 is 2.43 bits per heavy atom. The first-order valence-corrected chi connectivity index (χ1v) is 7.65. The highest BCUT2D eigenvalue weighted by Gasteiger charge is 2.26. The molecule has 1 aliphatic rings. The van der Waals surface area contributed by atoms with Crippen LogP contribution in [0.2, 0.25) is 0 Å². The van der Waals surface area contributed by atoms with Crippen molar-refractivity contribution in [2.45, 2.75) is 25.9 Å². The lowest BCUT2D eigenvalue weighted by Crippen LogP contribution is -2.36. The van der Waals surface area contributed by atoms with Crippen LogP contribution in [0.5, 0.6) is 0 Å². The maximum absolute atomic E-state index is 10.5. The van der Waals surface area contributed by atoms with E-state index in [4.69, 9.17) is 0 Å². The van der Waals surface area contributed by atoms with Crippen molar-refractivity contribution >= 4 is 5.82 Å². The summed E-state index contributed by atoms with van der Waals surface area (Å²) in [5.74, 6) is 1.40. The molecule has 0 radical (unpaired) electrons. The smallest absolute Gasteiger partial charge is 0.128 e. The van der Waals surface area contributed by atoms with Gasteiger partial charge in [-0.25, -0.2) is 4.98 Å². The van der Waals surface area contributed by atoms with Gasteiger partial charge in [-0.1, -0.05) is 36.4 Å². The fraction of sp³-hybridized carbons (Fsp3) is 0.389. The zero-order chi connectivity index (χ0) is 14.7. The number of aliphatic hydroxyl groups is 1. The van der Waals surface area contributed by atoms with Gasteiger partial charge in [-0.2, -0.15) is 0 Å². The number of rotatable bonds is 3. The first kappa shape index (κ1) is 14.1. The van der Waals surface area contributed by atoms with E-state index in [2.05, 4.69) is 22.0 Å². The highest BCUT2D eigenvalue weighted by molar-refractivity contribution is 5.39. The molecule has 1 saturated heterocycles. The van der Waals surface area contributed by atoms with Crippen LogP contribution in [0.3, 0.4) is 0 Å². The minimum absolute atomic E-state index is 0.341. The molecule has 1 aromatic heterocycles. The van der Waals surface area contributed by atoms with Crippen LogP contribution in [-0.4, -0.2) is 23.2 Å². The summed E-state index contributed by atoms with van der Waals surface area (Å²) in [5.41, 5.74) is 2.09. The standard InChI is InChI=1S/C18H22N2O/c1-14-6-5-9-17(19-14)20-12-10-16(11-13-20)18(21)15-7-3-2-4-8-15/h2-9,16,18,21H,10-13H2,1H3. The molecule has 0 spiro atoms. The third kappa shape index (κ3) is 3.24. The van der Waals surface area contributed by atoms with Crippen molar-refractivity contribution in [1.82, 2.24) is 4.98 Å². The van der Waals surface area contributed by atoms with Crippen molar-refractivity contribution in [3.8, 4) is 0 Å². The highest BCUT2D eigenvalue weighted by Crippen LogP contribution is 2.31. The van der Waals surface area contributed by atoms with Crippen LogP contribution in [0.4, 0.5) is 5.82 Å². The third-order valence-electron chi connectivity index (χ3n) is 4.32. The molecule has 0 amide bonds. The molecule has 3 rings (SSSR count). The lowest BCUT2D eigenvalue weighted by atomic mass is 9.87. The maximum Gasteiger partial charge on any atom is 0.128 e. The molecule has 2 aromatic rings. The second kappa shape index (κ2) is 6.27. The number of hydrogen-bond donors (Lipinski definition) is 1. The van der Waals surface area contributed by atoms with Gasteiger partial charge >= 0.3 is 0 Å². The predicted molar refractivity (Wildman–Crippen MR) is 85.3 cm³/mol. The Kier molecular flexibility index (Phi) is 4.20. The van der Waals surface area contributed by atoms with Crippen LogP contribution in [0.25, 0.3) is 0 Å². The molecule has 3 heteroatoms. The number of aryl methyl sites for hydroxylation is 1. The molecule has 1 aromatic carbocycles. The summed E-state index contributed by atoms with van der Waals surface area (Å²) >= 11 is 0. The number of aromatic nitrogens is 1. The average molecular weight is 282 g/mol. The minimum Gasteiger partial charge on any atom is -0.388 e. The van der Waals surface area contributed by atoms with Crippen LogP contribution >= 0.6 is 0 Å². The molecule has 1 unspecified atom stereocenters. The molecule has 1 atom stereocenters. The molecule has 1 N–H and O–H groups in total. The number of piperidine rings is 1. The molecule has 21 heavy (non-hydrogen) atoms. The molecule has 3 nitrogen and oxygen atoms in total. The van der Waals surface area contributed by atoms with Gasteiger partial charge in [0.2, 0.25) is 0 Å². The van der Waals surface area contributed by atoms with Crippen molar-refractivity contribution in [2.24, 2.45) is 5.92 Å². The normalized spacial score (nSPS) is 17.7. The fourth-order valence-electron chi connectivity index (χ4n) is 3.07. The van der Waals surface area contributed by atoms with Gasteiger partial charge in [0.1, 0.15) is 5.82 Å². The highest BCUT2D eigenvalue weighted by atomic mass is 16.3. The van der Waals surface area contributed by atoms with Gasteiger partial charge < -0.3 is 10.0 Å². The zero-order valence-corrected chi connectivity index (χ0v) is 12.4.